The molecule has 0 spiro atoms. The maximum atomic E-state index is 13.2. The molecule has 0 aliphatic carbocycles. The fraction of sp³-hybridized carbons (Fsp3) is 0.500. The van der Waals surface area contributed by atoms with Crippen LogP contribution in [0.2, 0.25) is 0 Å². The minimum Gasteiger partial charge on any atom is -0.383 e. The molecule has 10 heteroatoms. The van der Waals surface area contributed by atoms with E-state index < -0.39 is 41.0 Å². The number of nitrogens with one attached hydrogen (secondary N) is 3. The summed E-state index contributed by atoms with van der Waals surface area (Å²) >= 11 is 0. The summed E-state index contributed by atoms with van der Waals surface area (Å²) in [5.74, 6) is -1.95. The molecule has 28 heavy (non-hydrogen) atoms. The first-order valence-corrected chi connectivity index (χ1v) is 8.38. The molecule has 0 aliphatic heterocycles. The Hall–Kier alpha value is -2.62. The fourth-order valence-corrected chi connectivity index (χ4v) is 2.38. The summed E-state index contributed by atoms with van der Waals surface area (Å²) in [6.07, 6.45) is -4.72. The van der Waals surface area contributed by atoms with Crippen LogP contribution in [0, 0.1) is 0 Å². The Morgan fingerprint density at radius 2 is 1.75 bits per heavy atom. The van der Waals surface area contributed by atoms with Gasteiger partial charge in [0.05, 0.1) is 12.2 Å². The van der Waals surface area contributed by atoms with E-state index in [-0.39, 0.29) is 17.9 Å². The number of benzene rings is 1. The molecule has 0 aliphatic rings. The molecule has 3 amide bonds. The second kappa shape index (κ2) is 9.05. The van der Waals surface area contributed by atoms with Crippen LogP contribution in [0.5, 0.6) is 0 Å². The van der Waals surface area contributed by atoms with E-state index in [1.54, 1.807) is 6.92 Å². The normalized spacial score (nSPS) is 12.9. The van der Waals surface area contributed by atoms with Gasteiger partial charge in [0, 0.05) is 31.3 Å². The fourth-order valence-electron chi connectivity index (χ4n) is 2.38. The van der Waals surface area contributed by atoms with Gasteiger partial charge in [-0.25, -0.2) is 0 Å². The highest BCUT2D eigenvalue weighted by molar-refractivity contribution is 6.01. The highest BCUT2D eigenvalue weighted by atomic mass is 19.4. The number of rotatable bonds is 7. The Morgan fingerprint density at radius 3 is 2.25 bits per heavy atom. The molecular formula is C18H24F3N3O4. The Morgan fingerprint density at radius 1 is 1.14 bits per heavy atom. The summed E-state index contributed by atoms with van der Waals surface area (Å²) in [7, 11) is 1.43. The Bertz CT molecular complexity index is 748. The molecule has 1 aromatic rings. The van der Waals surface area contributed by atoms with Gasteiger partial charge in [0.15, 0.2) is 0 Å². The summed E-state index contributed by atoms with van der Waals surface area (Å²) in [4.78, 5) is 35.8. The summed E-state index contributed by atoms with van der Waals surface area (Å²) in [5.41, 5.74) is -2.95. The van der Waals surface area contributed by atoms with Crippen LogP contribution < -0.4 is 16.0 Å². The standard InChI is InChI=1S/C18H24F3N3O4/c1-10(9-28-5)22-15(26)12-6-13(18(19,20)21)8-14(7-12)23-16(27)17(3,4)24-11(2)25/h6-8,10H,9H2,1-5H3,(H,22,26)(H,23,27)(H,24,25)/t10-/m0/s1. The van der Waals surface area contributed by atoms with Crippen LogP contribution in [-0.4, -0.2) is 43.0 Å². The lowest BCUT2D eigenvalue weighted by Crippen LogP contribution is -2.51. The number of alkyl halides is 3. The highest BCUT2D eigenvalue weighted by Crippen LogP contribution is 2.32. The number of methoxy groups -OCH3 is 1. The van der Waals surface area contributed by atoms with E-state index in [0.29, 0.717) is 6.07 Å². The molecule has 0 saturated heterocycles. The average molecular weight is 403 g/mol. The minimum atomic E-state index is -4.72. The van der Waals surface area contributed by atoms with Crippen LogP contribution in [0.1, 0.15) is 43.6 Å². The third-order valence-corrected chi connectivity index (χ3v) is 3.63. The first-order chi connectivity index (χ1) is 12.8. The molecule has 1 aromatic carbocycles. The number of halogens is 3. The van der Waals surface area contributed by atoms with Crippen LogP contribution in [0.4, 0.5) is 18.9 Å². The molecule has 0 radical (unpaired) electrons. The van der Waals surface area contributed by atoms with Crippen molar-refractivity contribution >= 4 is 23.4 Å². The van der Waals surface area contributed by atoms with Crippen LogP contribution >= 0.6 is 0 Å². The van der Waals surface area contributed by atoms with E-state index in [4.69, 9.17) is 4.74 Å². The molecule has 1 rings (SSSR count). The number of carbonyl (C=O) groups excluding carboxylic acids is 3. The Labute approximate surface area is 161 Å². The van der Waals surface area contributed by atoms with Gasteiger partial charge in [-0.3, -0.25) is 14.4 Å². The Kier molecular flexibility index (Phi) is 7.57. The topological polar surface area (TPSA) is 96.5 Å². The van der Waals surface area contributed by atoms with E-state index in [2.05, 4.69) is 16.0 Å². The zero-order chi connectivity index (χ0) is 21.7. The van der Waals surface area contributed by atoms with Crippen molar-refractivity contribution in [2.45, 2.75) is 45.5 Å². The van der Waals surface area contributed by atoms with Crippen molar-refractivity contribution in [2.24, 2.45) is 0 Å². The monoisotopic (exact) mass is 403 g/mol. The van der Waals surface area contributed by atoms with Gasteiger partial charge in [0.25, 0.3) is 5.91 Å². The van der Waals surface area contributed by atoms with Crippen molar-refractivity contribution in [3.8, 4) is 0 Å². The molecule has 0 saturated carbocycles. The van der Waals surface area contributed by atoms with Gasteiger partial charge in [0.1, 0.15) is 5.54 Å². The molecule has 0 unspecified atom stereocenters. The average Bonchev–Trinajstić information content (AvgIpc) is 2.52. The van der Waals surface area contributed by atoms with E-state index in [0.717, 1.165) is 12.1 Å². The van der Waals surface area contributed by atoms with Crippen molar-refractivity contribution in [2.75, 3.05) is 19.0 Å². The number of hydrogen-bond donors (Lipinski definition) is 3. The SMILES string of the molecule is COC[C@H](C)NC(=O)c1cc(NC(=O)C(C)(C)NC(C)=O)cc(C(F)(F)F)c1. The Balaban J connectivity index is 3.20. The van der Waals surface area contributed by atoms with Crippen molar-refractivity contribution in [1.29, 1.82) is 0 Å². The quantitative estimate of drug-likeness (QED) is 0.651. The molecule has 0 bridgehead atoms. The third-order valence-electron chi connectivity index (χ3n) is 3.63. The molecule has 156 valence electrons. The maximum Gasteiger partial charge on any atom is 0.416 e. The summed E-state index contributed by atoms with van der Waals surface area (Å²) in [6, 6.07) is 2.12. The molecule has 0 heterocycles. The van der Waals surface area contributed by atoms with Crippen molar-refractivity contribution in [3.63, 3.8) is 0 Å². The van der Waals surface area contributed by atoms with Gasteiger partial charge in [-0.15, -0.1) is 0 Å². The van der Waals surface area contributed by atoms with Crippen LogP contribution in [-0.2, 0) is 20.5 Å². The van der Waals surface area contributed by atoms with Crippen molar-refractivity contribution < 1.29 is 32.3 Å². The number of amides is 3. The number of ether oxygens (including phenoxy) is 1. The van der Waals surface area contributed by atoms with E-state index in [1.807, 2.05) is 0 Å². The van der Waals surface area contributed by atoms with E-state index >= 15 is 0 Å². The van der Waals surface area contributed by atoms with Gasteiger partial charge in [-0.05, 0) is 39.0 Å². The van der Waals surface area contributed by atoms with E-state index in [1.165, 1.54) is 27.9 Å². The number of carbonyl (C=O) groups is 3. The van der Waals surface area contributed by atoms with Crippen LogP contribution in [0.3, 0.4) is 0 Å². The second-order valence-corrected chi connectivity index (χ2v) is 6.89. The lowest BCUT2D eigenvalue weighted by atomic mass is 10.0. The highest BCUT2D eigenvalue weighted by Gasteiger charge is 2.33. The smallest absolute Gasteiger partial charge is 0.383 e. The van der Waals surface area contributed by atoms with Gasteiger partial charge < -0.3 is 20.7 Å². The minimum absolute atomic E-state index is 0.180. The predicted molar refractivity (Wildman–Crippen MR) is 96.8 cm³/mol. The maximum absolute atomic E-state index is 13.2. The first kappa shape index (κ1) is 23.4. The van der Waals surface area contributed by atoms with Crippen LogP contribution in [0.25, 0.3) is 0 Å². The van der Waals surface area contributed by atoms with Gasteiger partial charge in [-0.2, -0.15) is 13.2 Å². The van der Waals surface area contributed by atoms with Crippen molar-refractivity contribution in [1.82, 2.24) is 10.6 Å². The molecule has 0 aromatic heterocycles. The molecule has 3 N–H and O–H groups in total. The van der Waals surface area contributed by atoms with Crippen molar-refractivity contribution in [3.05, 3.63) is 29.3 Å². The van der Waals surface area contributed by atoms with Gasteiger partial charge in [-0.1, -0.05) is 0 Å². The summed E-state index contributed by atoms with van der Waals surface area (Å²) < 4.78 is 44.5. The molecular weight excluding hydrogens is 379 g/mol. The predicted octanol–water partition coefficient (Wildman–Crippen LogP) is 2.32. The van der Waals surface area contributed by atoms with E-state index in [9.17, 15) is 27.6 Å². The second-order valence-electron chi connectivity index (χ2n) is 6.89. The van der Waals surface area contributed by atoms with Crippen LogP contribution in [0.15, 0.2) is 18.2 Å². The molecule has 1 atom stereocenters. The third kappa shape index (κ3) is 6.84. The zero-order valence-corrected chi connectivity index (χ0v) is 16.3. The number of hydrogen-bond acceptors (Lipinski definition) is 4. The lowest BCUT2D eigenvalue weighted by Gasteiger charge is -2.24. The first-order valence-electron chi connectivity index (χ1n) is 8.38. The summed E-state index contributed by atoms with van der Waals surface area (Å²) in [5, 5.41) is 7.22. The summed E-state index contributed by atoms with van der Waals surface area (Å²) in [6.45, 7) is 5.82. The largest absolute Gasteiger partial charge is 0.416 e. The zero-order valence-electron chi connectivity index (χ0n) is 16.3. The molecule has 0 fully saturated rings. The van der Waals surface area contributed by atoms with Gasteiger partial charge in [0.2, 0.25) is 11.8 Å². The number of anilines is 1. The molecule has 7 nitrogen and oxygen atoms in total. The lowest BCUT2D eigenvalue weighted by molar-refractivity contribution is -0.137. The van der Waals surface area contributed by atoms with Gasteiger partial charge >= 0.3 is 6.18 Å².